The molecule has 0 atom stereocenters. The van der Waals surface area contributed by atoms with E-state index in [4.69, 9.17) is 14.2 Å². The van der Waals surface area contributed by atoms with Crippen LogP contribution in [0.25, 0.3) is 0 Å². The minimum atomic E-state index is -3.70. The molecule has 1 aliphatic heterocycles. The highest BCUT2D eigenvalue weighted by Gasteiger charge is 2.26. The molecule has 1 fully saturated rings. The maximum atomic E-state index is 12.8. The summed E-state index contributed by atoms with van der Waals surface area (Å²) in [6.07, 6.45) is 0. The van der Waals surface area contributed by atoms with Gasteiger partial charge in [0.2, 0.25) is 10.0 Å². The van der Waals surface area contributed by atoms with Gasteiger partial charge in [-0.3, -0.25) is 4.79 Å². The standard InChI is InChI=1S/C21H25N3O6S/c1-15(19-8-7-17(28-2)14-20(19)29-3)22-23-21(25)16-5-4-6-18(13-16)31(26,27)24-9-11-30-12-10-24/h4-8,13-14H,9-12H2,1-3H3,(H,23,25)/b22-15+. The average molecular weight is 448 g/mol. The van der Waals surface area contributed by atoms with E-state index in [-0.39, 0.29) is 23.5 Å². The summed E-state index contributed by atoms with van der Waals surface area (Å²) in [6, 6.07) is 11.1. The van der Waals surface area contributed by atoms with Crippen molar-refractivity contribution in [1.82, 2.24) is 9.73 Å². The predicted octanol–water partition coefficient (Wildman–Crippen LogP) is 1.88. The number of methoxy groups -OCH3 is 2. The number of amides is 1. The Kier molecular flexibility index (Phi) is 7.26. The van der Waals surface area contributed by atoms with Crippen LogP contribution in [-0.4, -0.2) is 64.9 Å². The van der Waals surface area contributed by atoms with E-state index in [0.29, 0.717) is 36.0 Å². The number of sulfonamides is 1. The van der Waals surface area contributed by atoms with E-state index < -0.39 is 15.9 Å². The number of rotatable bonds is 7. The summed E-state index contributed by atoms with van der Waals surface area (Å²) >= 11 is 0. The van der Waals surface area contributed by atoms with Gasteiger partial charge >= 0.3 is 0 Å². The van der Waals surface area contributed by atoms with Gasteiger partial charge in [-0.05, 0) is 37.3 Å². The first-order valence-electron chi connectivity index (χ1n) is 9.62. The summed E-state index contributed by atoms with van der Waals surface area (Å²) in [5, 5.41) is 4.14. The van der Waals surface area contributed by atoms with Crippen LogP contribution in [0.1, 0.15) is 22.8 Å². The van der Waals surface area contributed by atoms with Gasteiger partial charge in [-0.15, -0.1) is 0 Å². The molecule has 1 amide bonds. The quantitative estimate of drug-likeness (QED) is 0.513. The second-order valence-electron chi connectivity index (χ2n) is 6.75. The molecule has 1 saturated heterocycles. The first-order chi connectivity index (χ1) is 14.9. The van der Waals surface area contributed by atoms with Crippen molar-refractivity contribution >= 4 is 21.6 Å². The smallest absolute Gasteiger partial charge is 0.271 e. The third kappa shape index (κ3) is 5.22. The Morgan fingerprint density at radius 1 is 1.10 bits per heavy atom. The number of nitrogens with zero attached hydrogens (tertiary/aromatic N) is 2. The summed E-state index contributed by atoms with van der Waals surface area (Å²) in [5.41, 5.74) is 3.86. The Hall–Kier alpha value is -2.95. The highest BCUT2D eigenvalue weighted by Crippen LogP contribution is 2.25. The lowest BCUT2D eigenvalue weighted by Crippen LogP contribution is -2.40. The third-order valence-corrected chi connectivity index (χ3v) is 6.72. The Morgan fingerprint density at radius 2 is 1.84 bits per heavy atom. The Morgan fingerprint density at radius 3 is 2.52 bits per heavy atom. The zero-order chi connectivity index (χ0) is 22.4. The highest BCUT2D eigenvalue weighted by atomic mass is 32.2. The van der Waals surface area contributed by atoms with Crippen molar-refractivity contribution in [3.8, 4) is 11.5 Å². The molecule has 0 radical (unpaired) electrons. The molecule has 2 aromatic rings. The molecule has 3 rings (SSSR count). The van der Waals surface area contributed by atoms with Crippen LogP contribution in [0, 0.1) is 0 Å². The molecule has 0 unspecified atom stereocenters. The van der Waals surface area contributed by atoms with E-state index in [9.17, 15) is 13.2 Å². The molecule has 10 heteroatoms. The van der Waals surface area contributed by atoms with Crippen LogP contribution in [0.4, 0.5) is 0 Å². The van der Waals surface area contributed by atoms with Crippen molar-refractivity contribution in [2.45, 2.75) is 11.8 Å². The van der Waals surface area contributed by atoms with Crippen molar-refractivity contribution in [2.75, 3.05) is 40.5 Å². The second kappa shape index (κ2) is 9.90. The SMILES string of the molecule is COc1ccc(/C(C)=N/NC(=O)c2cccc(S(=O)(=O)N3CCOCC3)c2)c(OC)c1. The van der Waals surface area contributed by atoms with Gasteiger partial charge in [-0.25, -0.2) is 13.8 Å². The third-order valence-electron chi connectivity index (χ3n) is 4.83. The van der Waals surface area contributed by atoms with Crippen LogP contribution in [0.5, 0.6) is 11.5 Å². The zero-order valence-electron chi connectivity index (χ0n) is 17.6. The monoisotopic (exact) mass is 447 g/mol. The van der Waals surface area contributed by atoms with Gasteiger partial charge in [0.05, 0.1) is 38.0 Å². The largest absolute Gasteiger partial charge is 0.497 e. The number of benzene rings is 2. The van der Waals surface area contributed by atoms with Crippen molar-refractivity contribution in [2.24, 2.45) is 5.10 Å². The van der Waals surface area contributed by atoms with Gasteiger partial charge in [-0.2, -0.15) is 9.41 Å². The molecule has 0 aliphatic carbocycles. The number of hydrazone groups is 1. The minimum absolute atomic E-state index is 0.0552. The fourth-order valence-electron chi connectivity index (χ4n) is 3.09. The van der Waals surface area contributed by atoms with Crippen LogP contribution in [-0.2, 0) is 14.8 Å². The summed E-state index contributed by atoms with van der Waals surface area (Å²) in [7, 11) is -0.608. The molecular weight excluding hydrogens is 422 g/mol. The summed E-state index contributed by atoms with van der Waals surface area (Å²) < 4.78 is 42.7. The van der Waals surface area contributed by atoms with E-state index in [1.54, 1.807) is 32.2 Å². The summed E-state index contributed by atoms with van der Waals surface area (Å²) in [4.78, 5) is 12.6. The Bertz CT molecular complexity index is 1080. The lowest BCUT2D eigenvalue weighted by Gasteiger charge is -2.26. The molecule has 9 nitrogen and oxygen atoms in total. The number of ether oxygens (including phenoxy) is 3. The van der Waals surface area contributed by atoms with Gasteiger partial charge in [0.25, 0.3) is 5.91 Å². The highest BCUT2D eigenvalue weighted by molar-refractivity contribution is 7.89. The fraction of sp³-hybridized carbons (Fsp3) is 0.333. The molecule has 1 aliphatic rings. The van der Waals surface area contributed by atoms with Gasteiger partial charge in [0, 0.05) is 30.3 Å². The molecular formula is C21H25N3O6S. The number of carbonyl (C=O) groups is 1. The van der Waals surface area contributed by atoms with E-state index in [2.05, 4.69) is 10.5 Å². The first-order valence-corrected chi connectivity index (χ1v) is 11.1. The summed E-state index contributed by atoms with van der Waals surface area (Å²) in [6.45, 7) is 2.99. The molecule has 1 heterocycles. The van der Waals surface area contributed by atoms with Crippen LogP contribution >= 0.6 is 0 Å². The van der Waals surface area contributed by atoms with E-state index >= 15 is 0 Å². The van der Waals surface area contributed by atoms with E-state index in [1.165, 1.54) is 35.7 Å². The van der Waals surface area contributed by atoms with Gasteiger partial charge in [-0.1, -0.05) is 6.07 Å². The molecule has 1 N–H and O–H groups in total. The minimum Gasteiger partial charge on any atom is -0.497 e. The summed E-state index contributed by atoms with van der Waals surface area (Å²) in [5.74, 6) is 0.662. The molecule has 2 aromatic carbocycles. The number of carbonyl (C=O) groups excluding carboxylic acids is 1. The topological polar surface area (TPSA) is 107 Å². The normalized spacial score (nSPS) is 15.4. The first kappa shape index (κ1) is 22.7. The molecule has 0 aromatic heterocycles. The zero-order valence-corrected chi connectivity index (χ0v) is 18.4. The van der Waals surface area contributed by atoms with E-state index in [1.807, 2.05) is 0 Å². The van der Waals surface area contributed by atoms with Gasteiger partial charge < -0.3 is 14.2 Å². The average Bonchev–Trinajstić information content (AvgIpc) is 2.82. The Labute approximate surface area is 181 Å². The number of morpholine rings is 1. The van der Waals surface area contributed by atoms with Crippen molar-refractivity contribution in [3.05, 3.63) is 53.6 Å². The lowest BCUT2D eigenvalue weighted by molar-refractivity contribution is 0.0730. The maximum Gasteiger partial charge on any atom is 0.271 e. The van der Waals surface area contributed by atoms with Crippen LogP contribution in [0.15, 0.2) is 52.5 Å². The predicted molar refractivity (Wildman–Crippen MR) is 115 cm³/mol. The Balaban J connectivity index is 1.77. The lowest BCUT2D eigenvalue weighted by atomic mass is 10.1. The van der Waals surface area contributed by atoms with Gasteiger partial charge in [0.15, 0.2) is 0 Å². The number of nitrogens with one attached hydrogen (secondary N) is 1. The molecule has 166 valence electrons. The maximum absolute atomic E-state index is 12.8. The second-order valence-corrected chi connectivity index (χ2v) is 8.69. The van der Waals surface area contributed by atoms with Crippen molar-refractivity contribution < 1.29 is 27.4 Å². The molecule has 31 heavy (non-hydrogen) atoms. The molecule has 0 saturated carbocycles. The van der Waals surface area contributed by atoms with Crippen molar-refractivity contribution in [1.29, 1.82) is 0 Å². The number of hydrogen-bond acceptors (Lipinski definition) is 7. The van der Waals surface area contributed by atoms with Crippen molar-refractivity contribution in [3.63, 3.8) is 0 Å². The molecule has 0 spiro atoms. The van der Waals surface area contributed by atoms with Crippen LogP contribution < -0.4 is 14.9 Å². The molecule has 0 bridgehead atoms. The van der Waals surface area contributed by atoms with Crippen LogP contribution in [0.2, 0.25) is 0 Å². The van der Waals surface area contributed by atoms with E-state index in [0.717, 1.165) is 0 Å². The number of hydrogen-bond donors (Lipinski definition) is 1. The fourth-order valence-corrected chi connectivity index (χ4v) is 4.55. The van der Waals surface area contributed by atoms with Gasteiger partial charge in [0.1, 0.15) is 11.5 Å². The van der Waals surface area contributed by atoms with Crippen LogP contribution in [0.3, 0.4) is 0 Å².